The van der Waals surface area contributed by atoms with Crippen LogP contribution < -0.4 is 10.6 Å². The van der Waals surface area contributed by atoms with Gasteiger partial charge in [-0.25, -0.2) is 8.78 Å². The van der Waals surface area contributed by atoms with Gasteiger partial charge in [-0.15, -0.1) is 0 Å². The topological polar surface area (TPSA) is 53.1 Å². The van der Waals surface area contributed by atoms with E-state index in [1.165, 1.54) is 30.7 Å². The normalized spacial score (nSPS) is 16.5. The van der Waals surface area contributed by atoms with Crippen LogP contribution in [-0.4, -0.2) is 47.6 Å². The molecule has 1 atom stereocenters. The lowest BCUT2D eigenvalue weighted by Crippen LogP contribution is -2.25. The molecule has 4 aromatic rings. The van der Waals surface area contributed by atoms with Crippen LogP contribution in [0.1, 0.15) is 12.8 Å². The van der Waals surface area contributed by atoms with Gasteiger partial charge in [0.05, 0.1) is 11.0 Å². The van der Waals surface area contributed by atoms with Gasteiger partial charge in [-0.3, -0.25) is 9.97 Å². The van der Waals surface area contributed by atoms with E-state index in [9.17, 15) is 8.78 Å². The van der Waals surface area contributed by atoms with Crippen molar-refractivity contribution in [3.8, 4) is 0 Å². The molecule has 2 N–H and O–H groups in total. The summed E-state index contributed by atoms with van der Waals surface area (Å²) in [5.74, 6) is 0.0518. The molecule has 1 fully saturated rings. The van der Waals surface area contributed by atoms with E-state index in [1.54, 1.807) is 24.5 Å². The Labute approximate surface area is 191 Å². The number of benzene rings is 2. The molecule has 7 heteroatoms. The highest BCUT2D eigenvalue weighted by Crippen LogP contribution is 2.25. The number of likely N-dealkylation sites (tertiary alicyclic amines) is 1. The van der Waals surface area contributed by atoms with Gasteiger partial charge >= 0.3 is 0 Å². The van der Waals surface area contributed by atoms with Crippen LogP contribution in [0.5, 0.6) is 0 Å². The molecule has 3 heterocycles. The number of pyridine rings is 2. The summed E-state index contributed by atoms with van der Waals surface area (Å²) in [6, 6.07) is 13.3. The maximum atomic E-state index is 13.5. The number of aromatic nitrogens is 2. The number of hydrogen-bond donors (Lipinski definition) is 2. The van der Waals surface area contributed by atoms with Gasteiger partial charge in [-0.05, 0) is 68.2 Å². The van der Waals surface area contributed by atoms with E-state index in [0.29, 0.717) is 17.0 Å². The lowest BCUT2D eigenvalue weighted by atomic mass is 10.1. The Morgan fingerprint density at radius 3 is 2.15 bits per heavy atom. The predicted molar refractivity (Wildman–Crippen MR) is 130 cm³/mol. The second-order valence-corrected chi connectivity index (χ2v) is 8.66. The Morgan fingerprint density at radius 2 is 1.48 bits per heavy atom. The van der Waals surface area contributed by atoms with Crippen LogP contribution in [-0.2, 0) is 0 Å². The van der Waals surface area contributed by atoms with Crippen LogP contribution in [0.15, 0.2) is 60.9 Å². The second kappa shape index (κ2) is 9.67. The Kier molecular flexibility index (Phi) is 6.30. The van der Waals surface area contributed by atoms with Crippen LogP contribution in [0, 0.1) is 17.6 Å². The zero-order valence-electron chi connectivity index (χ0n) is 18.4. The van der Waals surface area contributed by atoms with E-state index in [1.807, 2.05) is 12.1 Å². The minimum absolute atomic E-state index is 0.265. The van der Waals surface area contributed by atoms with E-state index >= 15 is 0 Å². The fraction of sp³-hybridized carbons (Fsp3) is 0.308. The molecule has 0 saturated carbocycles. The van der Waals surface area contributed by atoms with Crippen LogP contribution in [0.3, 0.4) is 0 Å². The van der Waals surface area contributed by atoms with Crippen molar-refractivity contribution >= 4 is 33.2 Å². The first-order valence-electron chi connectivity index (χ1n) is 11.4. The molecule has 0 amide bonds. The molecule has 0 spiro atoms. The third-order valence-electron chi connectivity index (χ3n) is 6.33. The molecule has 2 aromatic heterocycles. The highest BCUT2D eigenvalue weighted by Gasteiger charge is 2.22. The van der Waals surface area contributed by atoms with Gasteiger partial charge in [0.1, 0.15) is 11.6 Å². The Hall–Kier alpha value is -3.32. The van der Waals surface area contributed by atoms with E-state index in [0.717, 1.165) is 61.3 Å². The number of rotatable bonds is 8. The molecule has 0 radical (unpaired) electrons. The summed E-state index contributed by atoms with van der Waals surface area (Å²) in [5, 5.41) is 8.91. The summed E-state index contributed by atoms with van der Waals surface area (Å²) in [7, 11) is 0. The molecule has 0 unspecified atom stereocenters. The SMILES string of the molecule is Fc1ccc2c(NCCCN3CC[C@@H](CNc4ccnc5cc(F)ccc45)C3)ccnc2c1. The molecule has 33 heavy (non-hydrogen) atoms. The van der Waals surface area contributed by atoms with Crippen molar-refractivity contribution in [1.29, 1.82) is 0 Å². The maximum absolute atomic E-state index is 13.5. The smallest absolute Gasteiger partial charge is 0.125 e. The number of hydrogen-bond acceptors (Lipinski definition) is 5. The van der Waals surface area contributed by atoms with Gasteiger partial charge < -0.3 is 15.5 Å². The summed E-state index contributed by atoms with van der Waals surface area (Å²) in [6.07, 6.45) is 5.63. The number of nitrogens with zero attached hydrogens (tertiary/aromatic N) is 3. The first kappa shape index (κ1) is 21.5. The van der Waals surface area contributed by atoms with Crippen molar-refractivity contribution in [2.75, 3.05) is 43.4 Å². The number of nitrogens with one attached hydrogen (secondary N) is 2. The zero-order valence-corrected chi connectivity index (χ0v) is 18.4. The predicted octanol–water partition coefficient (Wildman–Crippen LogP) is 5.30. The fourth-order valence-corrected chi connectivity index (χ4v) is 4.61. The third kappa shape index (κ3) is 5.03. The average molecular weight is 448 g/mol. The largest absolute Gasteiger partial charge is 0.384 e. The number of halogens is 2. The van der Waals surface area contributed by atoms with Crippen molar-refractivity contribution < 1.29 is 8.78 Å². The third-order valence-corrected chi connectivity index (χ3v) is 6.33. The molecule has 0 aliphatic carbocycles. The van der Waals surface area contributed by atoms with Gasteiger partial charge in [0, 0.05) is 66.3 Å². The molecular weight excluding hydrogens is 420 g/mol. The van der Waals surface area contributed by atoms with Gasteiger partial charge in [0.2, 0.25) is 0 Å². The summed E-state index contributed by atoms with van der Waals surface area (Å²) >= 11 is 0. The highest BCUT2D eigenvalue weighted by atomic mass is 19.1. The summed E-state index contributed by atoms with van der Waals surface area (Å²) < 4.78 is 26.9. The first-order chi connectivity index (χ1) is 16.2. The maximum Gasteiger partial charge on any atom is 0.125 e. The standard InChI is InChI=1S/C26H27F2N5/c27-19-2-4-21-23(6-10-30-25(21)14-19)29-9-1-12-33-13-8-18(17-33)16-32-24-7-11-31-26-15-20(28)3-5-22(24)26/h2-7,10-11,14-15,18H,1,8-9,12-13,16-17H2,(H,29,30)(H,31,32)/t18-/m0/s1. The molecule has 5 nitrogen and oxygen atoms in total. The number of fused-ring (bicyclic) bond motifs is 2. The molecule has 1 aliphatic heterocycles. The quantitative estimate of drug-likeness (QED) is 0.359. The van der Waals surface area contributed by atoms with Crippen molar-refractivity contribution in [2.45, 2.75) is 12.8 Å². The first-order valence-corrected chi connectivity index (χ1v) is 11.4. The minimum Gasteiger partial charge on any atom is -0.384 e. The second-order valence-electron chi connectivity index (χ2n) is 8.66. The van der Waals surface area contributed by atoms with Crippen molar-refractivity contribution in [2.24, 2.45) is 5.92 Å². The lowest BCUT2D eigenvalue weighted by molar-refractivity contribution is 0.325. The summed E-state index contributed by atoms with van der Waals surface area (Å²) in [4.78, 5) is 11.0. The highest BCUT2D eigenvalue weighted by molar-refractivity contribution is 5.91. The molecule has 170 valence electrons. The van der Waals surface area contributed by atoms with Crippen LogP contribution in [0.4, 0.5) is 20.2 Å². The zero-order chi connectivity index (χ0) is 22.6. The Bertz CT molecular complexity index is 1260. The average Bonchev–Trinajstić information content (AvgIpc) is 3.27. The van der Waals surface area contributed by atoms with E-state index in [4.69, 9.17) is 0 Å². The van der Waals surface area contributed by atoms with Gasteiger partial charge in [0.15, 0.2) is 0 Å². The fourth-order valence-electron chi connectivity index (χ4n) is 4.61. The number of anilines is 2. The Balaban J connectivity index is 1.08. The van der Waals surface area contributed by atoms with Crippen LogP contribution >= 0.6 is 0 Å². The van der Waals surface area contributed by atoms with E-state index < -0.39 is 0 Å². The van der Waals surface area contributed by atoms with Crippen molar-refractivity contribution in [3.63, 3.8) is 0 Å². The molecular formula is C26H27F2N5. The van der Waals surface area contributed by atoms with Gasteiger partial charge in [0.25, 0.3) is 0 Å². The van der Waals surface area contributed by atoms with Crippen LogP contribution in [0.2, 0.25) is 0 Å². The lowest BCUT2D eigenvalue weighted by Gasteiger charge is -2.17. The molecule has 1 aliphatic rings. The minimum atomic E-state index is -0.267. The van der Waals surface area contributed by atoms with Gasteiger partial charge in [-0.2, -0.15) is 0 Å². The molecule has 0 bridgehead atoms. The Morgan fingerprint density at radius 1 is 0.848 bits per heavy atom. The van der Waals surface area contributed by atoms with Crippen LogP contribution in [0.25, 0.3) is 21.8 Å². The summed E-state index contributed by atoms with van der Waals surface area (Å²) in [6.45, 7) is 4.97. The van der Waals surface area contributed by atoms with E-state index in [-0.39, 0.29) is 11.6 Å². The summed E-state index contributed by atoms with van der Waals surface area (Å²) in [5.41, 5.74) is 3.34. The molecule has 5 rings (SSSR count). The van der Waals surface area contributed by atoms with Crippen molar-refractivity contribution in [3.05, 3.63) is 72.6 Å². The van der Waals surface area contributed by atoms with Gasteiger partial charge in [-0.1, -0.05) is 0 Å². The molecule has 2 aromatic carbocycles. The monoisotopic (exact) mass is 447 g/mol. The van der Waals surface area contributed by atoms with Crippen molar-refractivity contribution in [1.82, 2.24) is 14.9 Å². The molecule has 1 saturated heterocycles. The van der Waals surface area contributed by atoms with E-state index in [2.05, 4.69) is 25.5 Å².